The molecule has 0 unspecified atom stereocenters. The highest BCUT2D eigenvalue weighted by molar-refractivity contribution is 7.98. The van der Waals surface area contributed by atoms with Crippen molar-refractivity contribution < 1.29 is 18.8 Å². The van der Waals surface area contributed by atoms with Gasteiger partial charge in [0.15, 0.2) is 0 Å². The quantitative estimate of drug-likeness (QED) is 0.682. The number of thioether (sulfide) groups is 1. The van der Waals surface area contributed by atoms with Gasteiger partial charge < -0.3 is 14.6 Å². The molecule has 0 aliphatic rings. The van der Waals surface area contributed by atoms with Crippen LogP contribution in [0.1, 0.15) is 18.7 Å². The topological polar surface area (TPSA) is 94.3 Å². The van der Waals surface area contributed by atoms with E-state index in [2.05, 4.69) is 15.5 Å². The normalized spacial score (nSPS) is 11.8. The van der Waals surface area contributed by atoms with E-state index in [4.69, 9.17) is 9.26 Å². The van der Waals surface area contributed by atoms with Crippen LogP contribution in [0.3, 0.4) is 0 Å². The number of aromatic nitrogens is 2. The molecule has 0 radical (unpaired) electrons. The number of nitrogens with one attached hydrogen (secondary N) is 1. The molecule has 7 nitrogen and oxygen atoms in total. The Balaban J connectivity index is 1.87. The fraction of sp³-hybridized carbons (Fsp3) is 0.412. The van der Waals surface area contributed by atoms with Crippen LogP contribution in [0.15, 0.2) is 34.9 Å². The van der Waals surface area contributed by atoms with Crippen LogP contribution in [0.5, 0.6) is 0 Å². The summed E-state index contributed by atoms with van der Waals surface area (Å²) in [5.41, 5.74) is 0.852. The Bertz CT molecular complexity index is 690. The molecule has 0 spiro atoms. The molecule has 2 aromatic rings. The second kappa shape index (κ2) is 9.83. The molecule has 25 heavy (non-hydrogen) atoms. The third-order valence-electron chi connectivity index (χ3n) is 3.50. The highest BCUT2D eigenvalue weighted by Crippen LogP contribution is 2.15. The van der Waals surface area contributed by atoms with E-state index in [1.54, 1.807) is 11.8 Å². The van der Waals surface area contributed by atoms with Gasteiger partial charge >= 0.3 is 5.97 Å². The third-order valence-corrected chi connectivity index (χ3v) is 4.14. The van der Waals surface area contributed by atoms with Crippen molar-refractivity contribution in [3.63, 3.8) is 0 Å². The lowest BCUT2D eigenvalue weighted by atomic mass is 10.2. The number of methoxy groups -OCH3 is 1. The monoisotopic (exact) mass is 363 g/mol. The van der Waals surface area contributed by atoms with Crippen LogP contribution < -0.4 is 5.32 Å². The van der Waals surface area contributed by atoms with Gasteiger partial charge in [-0.15, -0.1) is 0 Å². The Labute approximate surface area is 150 Å². The summed E-state index contributed by atoms with van der Waals surface area (Å²) < 4.78 is 9.89. The SMILES string of the molecule is COC(=O)[C@@H](CCSC)NC(=O)CCc1nc(-c2ccccc2)no1. The zero-order valence-corrected chi connectivity index (χ0v) is 15.0. The number of carbonyl (C=O) groups is 2. The van der Waals surface area contributed by atoms with Gasteiger partial charge in [-0.25, -0.2) is 4.79 Å². The largest absolute Gasteiger partial charge is 0.467 e. The molecule has 0 saturated carbocycles. The minimum absolute atomic E-state index is 0.156. The fourth-order valence-electron chi connectivity index (χ4n) is 2.17. The Hall–Kier alpha value is -2.35. The number of hydrogen-bond donors (Lipinski definition) is 1. The second-order valence-corrected chi connectivity index (χ2v) is 6.29. The van der Waals surface area contributed by atoms with Crippen molar-refractivity contribution in [3.8, 4) is 11.4 Å². The smallest absolute Gasteiger partial charge is 0.328 e. The summed E-state index contributed by atoms with van der Waals surface area (Å²) in [6, 6.07) is 8.82. The van der Waals surface area contributed by atoms with Gasteiger partial charge in [0.05, 0.1) is 7.11 Å². The van der Waals surface area contributed by atoms with E-state index >= 15 is 0 Å². The van der Waals surface area contributed by atoms with E-state index in [1.807, 2.05) is 36.6 Å². The minimum Gasteiger partial charge on any atom is -0.467 e. The van der Waals surface area contributed by atoms with Crippen molar-refractivity contribution in [2.75, 3.05) is 19.1 Å². The maximum Gasteiger partial charge on any atom is 0.328 e. The van der Waals surface area contributed by atoms with E-state index in [0.29, 0.717) is 24.6 Å². The molecule has 0 aliphatic heterocycles. The molecular weight excluding hydrogens is 342 g/mol. The van der Waals surface area contributed by atoms with Crippen molar-refractivity contribution in [1.29, 1.82) is 0 Å². The van der Waals surface area contributed by atoms with E-state index in [9.17, 15) is 9.59 Å². The van der Waals surface area contributed by atoms with E-state index in [1.165, 1.54) is 7.11 Å². The first-order valence-electron chi connectivity index (χ1n) is 7.88. The Morgan fingerprint density at radius 1 is 1.32 bits per heavy atom. The lowest BCUT2D eigenvalue weighted by Crippen LogP contribution is -2.42. The number of aryl methyl sites for hydroxylation is 1. The molecule has 8 heteroatoms. The number of hydrogen-bond acceptors (Lipinski definition) is 7. The molecule has 1 aromatic heterocycles. The number of carbonyl (C=O) groups excluding carboxylic acids is 2. The van der Waals surface area contributed by atoms with Crippen molar-refractivity contribution in [2.24, 2.45) is 0 Å². The summed E-state index contributed by atoms with van der Waals surface area (Å²) in [4.78, 5) is 28.1. The van der Waals surface area contributed by atoms with Gasteiger partial charge in [0.2, 0.25) is 17.6 Å². The summed E-state index contributed by atoms with van der Waals surface area (Å²) in [6.07, 6.45) is 2.93. The minimum atomic E-state index is -0.632. The zero-order chi connectivity index (χ0) is 18.1. The standard InChI is InChI=1S/C17H21N3O4S/c1-23-17(22)13(10-11-25-2)18-14(21)8-9-15-19-16(20-24-15)12-6-4-3-5-7-12/h3-7,13H,8-11H2,1-2H3,(H,18,21)/t13-/m1/s1. The van der Waals surface area contributed by atoms with Gasteiger partial charge in [0.1, 0.15) is 6.04 Å². The first-order valence-corrected chi connectivity index (χ1v) is 9.27. The Morgan fingerprint density at radius 3 is 2.76 bits per heavy atom. The summed E-state index contributed by atoms with van der Waals surface area (Å²) in [7, 11) is 1.31. The van der Waals surface area contributed by atoms with E-state index < -0.39 is 12.0 Å². The summed E-state index contributed by atoms with van der Waals surface area (Å²) in [6.45, 7) is 0. The molecule has 2 rings (SSSR count). The zero-order valence-electron chi connectivity index (χ0n) is 14.2. The van der Waals surface area contributed by atoms with Crippen molar-refractivity contribution in [1.82, 2.24) is 15.5 Å². The highest BCUT2D eigenvalue weighted by atomic mass is 32.2. The molecule has 134 valence electrons. The maximum absolute atomic E-state index is 12.1. The number of benzene rings is 1. The molecule has 0 aliphatic carbocycles. The van der Waals surface area contributed by atoms with Crippen molar-refractivity contribution >= 4 is 23.6 Å². The van der Waals surface area contributed by atoms with Crippen LogP contribution >= 0.6 is 11.8 Å². The number of ether oxygens (including phenoxy) is 1. The predicted octanol–water partition coefficient (Wildman–Crippen LogP) is 2.08. The number of amides is 1. The molecule has 1 amide bonds. The first kappa shape index (κ1) is 19.0. The molecule has 1 atom stereocenters. The van der Waals surface area contributed by atoms with Crippen LogP contribution in [0.25, 0.3) is 11.4 Å². The third kappa shape index (κ3) is 5.90. The highest BCUT2D eigenvalue weighted by Gasteiger charge is 2.21. The molecular formula is C17H21N3O4S. The molecule has 1 heterocycles. The van der Waals surface area contributed by atoms with E-state index in [-0.39, 0.29) is 12.3 Å². The molecule has 1 N–H and O–H groups in total. The van der Waals surface area contributed by atoms with Crippen molar-refractivity contribution in [3.05, 3.63) is 36.2 Å². The van der Waals surface area contributed by atoms with Gasteiger partial charge in [-0.3, -0.25) is 4.79 Å². The summed E-state index contributed by atoms with van der Waals surface area (Å²) in [5, 5.41) is 6.61. The van der Waals surface area contributed by atoms with Gasteiger partial charge in [0, 0.05) is 18.4 Å². The van der Waals surface area contributed by atoms with E-state index in [0.717, 1.165) is 11.3 Å². The van der Waals surface area contributed by atoms with Crippen LogP contribution in [-0.4, -0.2) is 47.2 Å². The average molecular weight is 363 g/mol. The lowest BCUT2D eigenvalue weighted by molar-refractivity contribution is -0.145. The fourth-order valence-corrected chi connectivity index (χ4v) is 2.65. The van der Waals surface area contributed by atoms with Crippen LogP contribution in [0.4, 0.5) is 0 Å². The number of rotatable bonds is 9. The Kier molecular flexibility index (Phi) is 7.46. The van der Waals surface area contributed by atoms with Crippen LogP contribution in [0, 0.1) is 0 Å². The number of nitrogens with zero attached hydrogens (tertiary/aromatic N) is 2. The Morgan fingerprint density at radius 2 is 2.08 bits per heavy atom. The molecule has 0 bridgehead atoms. The number of esters is 1. The van der Waals surface area contributed by atoms with Gasteiger partial charge in [0.25, 0.3) is 0 Å². The second-order valence-electron chi connectivity index (χ2n) is 5.30. The summed E-state index contributed by atoms with van der Waals surface area (Å²) >= 11 is 1.60. The summed E-state index contributed by atoms with van der Waals surface area (Å²) in [5.74, 6) is 0.933. The van der Waals surface area contributed by atoms with Gasteiger partial charge in [-0.05, 0) is 18.4 Å². The molecule has 0 saturated heterocycles. The predicted molar refractivity (Wildman–Crippen MR) is 95.0 cm³/mol. The van der Waals surface area contributed by atoms with Gasteiger partial charge in [-0.2, -0.15) is 16.7 Å². The average Bonchev–Trinajstić information content (AvgIpc) is 3.12. The molecule has 0 fully saturated rings. The lowest BCUT2D eigenvalue weighted by Gasteiger charge is -2.15. The maximum atomic E-state index is 12.1. The van der Waals surface area contributed by atoms with Crippen LogP contribution in [0.2, 0.25) is 0 Å². The van der Waals surface area contributed by atoms with Gasteiger partial charge in [-0.1, -0.05) is 35.5 Å². The molecule has 1 aromatic carbocycles. The van der Waals surface area contributed by atoms with Crippen molar-refractivity contribution in [2.45, 2.75) is 25.3 Å². The first-order chi connectivity index (χ1) is 12.1. The van der Waals surface area contributed by atoms with Crippen LogP contribution in [-0.2, 0) is 20.7 Å².